The molecule has 3 amide bonds. The molecule has 2 rings (SSSR count). The number of aryl methyl sites for hydroxylation is 1. The molecule has 0 saturated carbocycles. The highest BCUT2D eigenvalue weighted by Gasteiger charge is 2.17. The summed E-state index contributed by atoms with van der Waals surface area (Å²) in [6.45, 7) is 5.78. The highest BCUT2D eigenvalue weighted by atomic mass is 16.2. The summed E-state index contributed by atoms with van der Waals surface area (Å²) in [5.41, 5.74) is 1.83. The number of benzene rings is 1. The van der Waals surface area contributed by atoms with Crippen LogP contribution in [0.3, 0.4) is 0 Å². The number of urea groups is 1. The zero-order valence-electron chi connectivity index (χ0n) is 12.8. The van der Waals surface area contributed by atoms with Crippen molar-refractivity contribution in [2.24, 2.45) is 0 Å². The first-order valence-corrected chi connectivity index (χ1v) is 7.71. The molecule has 1 aromatic rings. The van der Waals surface area contributed by atoms with E-state index in [1.807, 2.05) is 29.2 Å². The van der Waals surface area contributed by atoms with Crippen molar-refractivity contribution >= 4 is 17.6 Å². The third-order valence-corrected chi connectivity index (χ3v) is 3.71. The molecule has 1 aliphatic rings. The molecular weight excluding hydrogens is 278 g/mol. The van der Waals surface area contributed by atoms with E-state index in [9.17, 15) is 9.59 Å². The molecule has 2 N–H and O–H groups in total. The van der Waals surface area contributed by atoms with Crippen molar-refractivity contribution in [3.8, 4) is 0 Å². The molecule has 0 aliphatic carbocycles. The summed E-state index contributed by atoms with van der Waals surface area (Å²) in [5, 5.41) is 5.39. The number of likely N-dealkylation sites (tertiary alicyclic amines) is 1. The molecule has 0 spiro atoms. The lowest BCUT2D eigenvalue weighted by Gasteiger charge is -2.15. The number of hydrogen-bond acceptors (Lipinski definition) is 2. The van der Waals surface area contributed by atoms with E-state index in [0.29, 0.717) is 13.0 Å². The van der Waals surface area contributed by atoms with Crippen LogP contribution in [0.5, 0.6) is 0 Å². The monoisotopic (exact) mass is 301 g/mol. The highest BCUT2D eigenvalue weighted by molar-refractivity contribution is 5.89. The van der Waals surface area contributed by atoms with Crippen LogP contribution < -0.4 is 10.6 Å². The van der Waals surface area contributed by atoms with Gasteiger partial charge in [-0.3, -0.25) is 4.79 Å². The molecule has 1 heterocycles. The maximum absolute atomic E-state index is 12.0. The largest absolute Gasteiger partial charge is 0.343 e. The van der Waals surface area contributed by atoms with E-state index in [1.165, 1.54) is 0 Å². The number of nitrogens with one attached hydrogen (secondary N) is 2. The van der Waals surface area contributed by atoms with Crippen LogP contribution >= 0.6 is 0 Å². The van der Waals surface area contributed by atoms with Gasteiger partial charge >= 0.3 is 6.03 Å². The van der Waals surface area contributed by atoms with Gasteiger partial charge in [0.2, 0.25) is 5.91 Å². The third kappa shape index (κ3) is 4.91. The summed E-state index contributed by atoms with van der Waals surface area (Å²) in [6.07, 6.45) is 5.16. The zero-order valence-corrected chi connectivity index (χ0v) is 12.8. The summed E-state index contributed by atoms with van der Waals surface area (Å²) in [4.78, 5) is 25.4. The SMILES string of the molecule is C=CCNC(=O)Nc1ccc(CCC(=O)N2CCCC2)cc1. The quantitative estimate of drug-likeness (QED) is 0.793. The van der Waals surface area contributed by atoms with Gasteiger partial charge in [0, 0.05) is 31.7 Å². The van der Waals surface area contributed by atoms with Gasteiger partial charge in [-0.05, 0) is 37.0 Å². The van der Waals surface area contributed by atoms with Gasteiger partial charge in [-0.25, -0.2) is 4.79 Å². The Kier molecular flexibility index (Phi) is 6.01. The molecule has 0 bridgehead atoms. The molecular formula is C17H23N3O2. The second-order valence-electron chi connectivity index (χ2n) is 5.41. The summed E-state index contributed by atoms with van der Waals surface area (Å²) in [5.74, 6) is 0.239. The van der Waals surface area contributed by atoms with Gasteiger partial charge < -0.3 is 15.5 Å². The molecule has 1 saturated heterocycles. The molecule has 0 radical (unpaired) electrons. The first kappa shape index (κ1) is 16.1. The Morgan fingerprint density at radius 3 is 2.50 bits per heavy atom. The molecule has 0 aromatic heterocycles. The van der Waals surface area contributed by atoms with E-state index in [0.717, 1.165) is 43.6 Å². The molecule has 0 unspecified atom stereocenters. The van der Waals surface area contributed by atoms with Crippen molar-refractivity contribution in [3.63, 3.8) is 0 Å². The molecule has 5 nitrogen and oxygen atoms in total. The van der Waals surface area contributed by atoms with Crippen molar-refractivity contribution in [2.45, 2.75) is 25.7 Å². The number of amides is 3. The van der Waals surface area contributed by atoms with Crippen LogP contribution in [-0.2, 0) is 11.2 Å². The normalized spacial score (nSPS) is 13.7. The van der Waals surface area contributed by atoms with Gasteiger partial charge in [-0.2, -0.15) is 0 Å². The van der Waals surface area contributed by atoms with Crippen molar-refractivity contribution in [3.05, 3.63) is 42.5 Å². The maximum Gasteiger partial charge on any atom is 0.319 e. The van der Waals surface area contributed by atoms with Crippen LogP contribution in [0.2, 0.25) is 0 Å². The number of hydrogen-bond donors (Lipinski definition) is 2. The Morgan fingerprint density at radius 1 is 1.18 bits per heavy atom. The lowest BCUT2D eigenvalue weighted by atomic mass is 10.1. The van der Waals surface area contributed by atoms with Crippen LogP contribution in [0.15, 0.2) is 36.9 Å². The van der Waals surface area contributed by atoms with Crippen molar-refractivity contribution < 1.29 is 9.59 Å². The van der Waals surface area contributed by atoms with Crippen LogP contribution in [-0.4, -0.2) is 36.5 Å². The Morgan fingerprint density at radius 2 is 1.86 bits per heavy atom. The molecule has 1 aliphatic heterocycles. The van der Waals surface area contributed by atoms with Crippen LogP contribution in [0, 0.1) is 0 Å². The fourth-order valence-electron chi connectivity index (χ4n) is 2.47. The van der Waals surface area contributed by atoms with Crippen LogP contribution in [0.25, 0.3) is 0 Å². The lowest BCUT2D eigenvalue weighted by molar-refractivity contribution is -0.130. The fraction of sp³-hybridized carbons (Fsp3) is 0.412. The fourth-order valence-corrected chi connectivity index (χ4v) is 2.47. The van der Waals surface area contributed by atoms with Gasteiger partial charge in [0.15, 0.2) is 0 Å². The third-order valence-electron chi connectivity index (χ3n) is 3.71. The minimum absolute atomic E-state index is 0.239. The van der Waals surface area contributed by atoms with E-state index in [2.05, 4.69) is 17.2 Å². The van der Waals surface area contributed by atoms with E-state index >= 15 is 0 Å². The molecule has 5 heteroatoms. The summed E-state index contributed by atoms with van der Waals surface area (Å²) < 4.78 is 0. The Bertz CT molecular complexity index is 519. The predicted octanol–water partition coefficient (Wildman–Crippen LogP) is 2.55. The summed E-state index contributed by atoms with van der Waals surface area (Å²) >= 11 is 0. The average molecular weight is 301 g/mol. The Hall–Kier alpha value is -2.30. The standard InChI is InChI=1S/C17H23N3O2/c1-2-11-18-17(22)19-15-8-5-14(6-9-15)7-10-16(21)20-12-3-4-13-20/h2,5-6,8-9H,1,3-4,7,10-13H2,(H2,18,19,22). The summed E-state index contributed by atoms with van der Waals surface area (Å²) in [7, 11) is 0. The molecule has 118 valence electrons. The second-order valence-corrected chi connectivity index (χ2v) is 5.41. The number of anilines is 1. The zero-order chi connectivity index (χ0) is 15.8. The smallest absolute Gasteiger partial charge is 0.319 e. The van der Waals surface area contributed by atoms with Gasteiger partial charge in [0.25, 0.3) is 0 Å². The highest BCUT2D eigenvalue weighted by Crippen LogP contribution is 2.13. The molecule has 0 atom stereocenters. The van der Waals surface area contributed by atoms with Gasteiger partial charge in [0.1, 0.15) is 0 Å². The molecule has 1 fully saturated rings. The van der Waals surface area contributed by atoms with Crippen LogP contribution in [0.4, 0.5) is 10.5 Å². The predicted molar refractivity (Wildman–Crippen MR) is 87.8 cm³/mol. The topological polar surface area (TPSA) is 61.4 Å². The molecule has 1 aromatic carbocycles. The second kappa shape index (κ2) is 8.22. The van der Waals surface area contributed by atoms with Crippen LogP contribution in [0.1, 0.15) is 24.8 Å². The van der Waals surface area contributed by atoms with E-state index in [1.54, 1.807) is 6.08 Å². The number of rotatable bonds is 6. The minimum atomic E-state index is -0.253. The molecule has 22 heavy (non-hydrogen) atoms. The van der Waals surface area contributed by atoms with Crippen molar-refractivity contribution in [1.29, 1.82) is 0 Å². The maximum atomic E-state index is 12.0. The minimum Gasteiger partial charge on any atom is -0.343 e. The first-order valence-electron chi connectivity index (χ1n) is 7.71. The van der Waals surface area contributed by atoms with Gasteiger partial charge in [-0.15, -0.1) is 6.58 Å². The first-order chi connectivity index (χ1) is 10.7. The number of carbonyl (C=O) groups excluding carboxylic acids is 2. The van der Waals surface area contributed by atoms with Gasteiger partial charge in [-0.1, -0.05) is 18.2 Å². The Labute approximate surface area is 131 Å². The lowest BCUT2D eigenvalue weighted by Crippen LogP contribution is -2.28. The van der Waals surface area contributed by atoms with Crippen molar-refractivity contribution in [2.75, 3.05) is 25.0 Å². The average Bonchev–Trinajstić information content (AvgIpc) is 3.06. The Balaban J connectivity index is 1.77. The summed E-state index contributed by atoms with van der Waals surface area (Å²) in [6, 6.07) is 7.34. The van der Waals surface area contributed by atoms with Crippen molar-refractivity contribution in [1.82, 2.24) is 10.2 Å². The number of carbonyl (C=O) groups is 2. The van der Waals surface area contributed by atoms with Gasteiger partial charge in [0.05, 0.1) is 0 Å². The number of nitrogens with zero attached hydrogens (tertiary/aromatic N) is 1. The van der Waals surface area contributed by atoms with E-state index < -0.39 is 0 Å². The van der Waals surface area contributed by atoms with E-state index in [-0.39, 0.29) is 11.9 Å². The van der Waals surface area contributed by atoms with E-state index in [4.69, 9.17) is 0 Å².